The second kappa shape index (κ2) is 8.76. The second-order valence-corrected chi connectivity index (χ2v) is 7.74. The van der Waals surface area contributed by atoms with Gasteiger partial charge in [0.2, 0.25) is 5.88 Å². The highest BCUT2D eigenvalue weighted by molar-refractivity contribution is 5.92. The number of ether oxygens (including phenoxy) is 3. The van der Waals surface area contributed by atoms with Crippen LogP contribution in [0.4, 0.5) is 26.3 Å². The van der Waals surface area contributed by atoms with Crippen LogP contribution in [0.25, 0.3) is 0 Å². The van der Waals surface area contributed by atoms with Gasteiger partial charge in [0, 0.05) is 12.6 Å². The van der Waals surface area contributed by atoms with Crippen molar-refractivity contribution in [2.24, 2.45) is 0 Å². The van der Waals surface area contributed by atoms with Gasteiger partial charge in [-0.25, -0.2) is 4.68 Å². The lowest BCUT2D eigenvalue weighted by molar-refractivity contribution is -0.188. The number of carbonyl (C=O) groups excluding carboxylic acids is 1. The van der Waals surface area contributed by atoms with E-state index in [1.165, 1.54) is 16.8 Å². The Bertz CT molecular complexity index is 995. The maximum atomic E-state index is 13.0. The van der Waals surface area contributed by atoms with Crippen LogP contribution in [0.15, 0.2) is 24.3 Å². The number of amides is 1. The summed E-state index contributed by atoms with van der Waals surface area (Å²) in [5.41, 5.74) is -0.464. The third-order valence-electron chi connectivity index (χ3n) is 5.17. The molecule has 0 saturated carbocycles. The first-order valence-electron chi connectivity index (χ1n) is 10.0. The summed E-state index contributed by atoms with van der Waals surface area (Å²) in [5.74, 6) is -0.0377. The number of halogens is 6. The molecule has 0 aliphatic carbocycles. The van der Waals surface area contributed by atoms with Crippen molar-refractivity contribution in [2.45, 2.75) is 43.9 Å². The molecule has 7 nitrogen and oxygen atoms in total. The molecule has 3 heterocycles. The number of nitrogens with zero attached hydrogens (tertiary/aromatic N) is 2. The van der Waals surface area contributed by atoms with Gasteiger partial charge in [0.15, 0.2) is 5.69 Å². The summed E-state index contributed by atoms with van der Waals surface area (Å²) < 4.78 is 92.9. The van der Waals surface area contributed by atoms with Crippen LogP contribution in [0.5, 0.6) is 11.6 Å². The quantitative estimate of drug-likeness (QED) is 0.681. The maximum absolute atomic E-state index is 13.0. The average Bonchev–Trinajstić information content (AvgIpc) is 3.05. The van der Waals surface area contributed by atoms with Crippen molar-refractivity contribution in [3.8, 4) is 11.6 Å². The fraction of sp³-hybridized carbons (Fsp3) is 0.500. The Morgan fingerprint density at radius 2 is 1.94 bits per heavy atom. The predicted molar refractivity (Wildman–Crippen MR) is 100 cm³/mol. The van der Waals surface area contributed by atoms with E-state index in [0.717, 1.165) is 12.1 Å². The summed E-state index contributed by atoms with van der Waals surface area (Å²) in [6.45, 7) is -1.25. The molecule has 0 unspecified atom stereocenters. The zero-order valence-corrected chi connectivity index (χ0v) is 17.0. The third-order valence-corrected chi connectivity index (χ3v) is 5.17. The van der Waals surface area contributed by atoms with Crippen molar-refractivity contribution >= 4 is 5.91 Å². The van der Waals surface area contributed by atoms with Crippen LogP contribution < -0.4 is 14.8 Å². The number of aromatic nitrogens is 2. The highest BCUT2D eigenvalue weighted by Crippen LogP contribution is 2.34. The Balaban J connectivity index is 1.36. The smallest absolute Gasteiger partial charge is 0.416 e. The molecule has 180 valence electrons. The van der Waals surface area contributed by atoms with E-state index in [0.29, 0.717) is 11.3 Å². The number of nitrogens with one attached hydrogen (secondary N) is 1. The molecule has 0 fully saturated rings. The average molecular weight is 479 g/mol. The van der Waals surface area contributed by atoms with Gasteiger partial charge in [0.25, 0.3) is 5.91 Å². The molecule has 0 bridgehead atoms. The molecule has 1 aromatic heterocycles. The molecule has 33 heavy (non-hydrogen) atoms. The van der Waals surface area contributed by atoms with Crippen molar-refractivity contribution in [3.63, 3.8) is 0 Å². The molecular weight excluding hydrogens is 460 g/mol. The van der Waals surface area contributed by atoms with Crippen molar-refractivity contribution in [1.82, 2.24) is 15.1 Å². The molecule has 1 amide bonds. The van der Waals surface area contributed by atoms with E-state index in [4.69, 9.17) is 14.2 Å². The van der Waals surface area contributed by atoms with E-state index in [-0.39, 0.29) is 44.2 Å². The van der Waals surface area contributed by atoms with E-state index in [1.807, 2.05) is 0 Å². The monoisotopic (exact) mass is 479 g/mol. The highest BCUT2D eigenvalue weighted by Gasteiger charge is 2.33. The molecule has 4 rings (SSSR count). The first-order chi connectivity index (χ1) is 15.5. The number of alkyl halides is 6. The molecular formula is C20H19F6N3O4. The number of benzene rings is 1. The molecule has 1 aromatic carbocycles. The molecule has 2 aliphatic heterocycles. The van der Waals surface area contributed by atoms with E-state index >= 15 is 0 Å². The van der Waals surface area contributed by atoms with Gasteiger partial charge in [0.1, 0.15) is 25.6 Å². The lowest BCUT2D eigenvalue weighted by Crippen LogP contribution is -2.43. The SMILES string of the molecule is O=C(N[C@H]1COc2ccc(C(F)(F)F)cc2C1)c1cc2n(n1)CC[C@@H](OCC(F)(F)F)CO2. The fourth-order valence-electron chi connectivity index (χ4n) is 3.58. The van der Waals surface area contributed by atoms with E-state index in [1.54, 1.807) is 0 Å². The first kappa shape index (κ1) is 23.2. The second-order valence-electron chi connectivity index (χ2n) is 7.74. The zero-order chi connectivity index (χ0) is 23.8. The number of fused-ring (bicyclic) bond motifs is 2. The molecule has 1 N–H and O–H groups in total. The Labute approximate surface area is 183 Å². The maximum Gasteiger partial charge on any atom is 0.416 e. The Kier molecular flexibility index (Phi) is 6.16. The number of hydrogen-bond donors (Lipinski definition) is 1. The zero-order valence-electron chi connectivity index (χ0n) is 17.0. The van der Waals surface area contributed by atoms with Gasteiger partial charge in [-0.15, -0.1) is 0 Å². The van der Waals surface area contributed by atoms with Crippen molar-refractivity contribution in [2.75, 3.05) is 19.8 Å². The van der Waals surface area contributed by atoms with E-state index < -0.39 is 42.6 Å². The predicted octanol–water partition coefficient (Wildman–Crippen LogP) is 3.37. The lowest BCUT2D eigenvalue weighted by atomic mass is 10.00. The largest absolute Gasteiger partial charge is 0.491 e. The van der Waals surface area contributed by atoms with Gasteiger partial charge in [-0.2, -0.15) is 31.4 Å². The van der Waals surface area contributed by atoms with Crippen LogP contribution in [0.3, 0.4) is 0 Å². The summed E-state index contributed by atoms with van der Waals surface area (Å²) in [6, 6.07) is 3.97. The van der Waals surface area contributed by atoms with Crippen LogP contribution in [-0.4, -0.2) is 53.8 Å². The first-order valence-corrected chi connectivity index (χ1v) is 10.0. The summed E-state index contributed by atoms with van der Waals surface area (Å²) in [4.78, 5) is 12.6. The minimum absolute atomic E-state index is 0.00880. The van der Waals surface area contributed by atoms with E-state index in [9.17, 15) is 31.1 Å². The van der Waals surface area contributed by atoms with Crippen molar-refractivity contribution in [1.29, 1.82) is 0 Å². The summed E-state index contributed by atoms with van der Waals surface area (Å²) in [7, 11) is 0. The summed E-state index contributed by atoms with van der Waals surface area (Å²) >= 11 is 0. The van der Waals surface area contributed by atoms with Crippen LogP contribution in [-0.2, 0) is 23.9 Å². The summed E-state index contributed by atoms with van der Waals surface area (Å²) in [5, 5.41) is 6.80. The van der Waals surface area contributed by atoms with E-state index in [2.05, 4.69) is 10.4 Å². The topological polar surface area (TPSA) is 74.6 Å². The Hall–Kier alpha value is -2.96. The molecule has 2 atom stereocenters. The minimum Gasteiger partial charge on any atom is -0.491 e. The van der Waals surface area contributed by atoms with Gasteiger partial charge in [-0.3, -0.25) is 4.79 Å². The van der Waals surface area contributed by atoms with Crippen molar-refractivity contribution in [3.05, 3.63) is 41.1 Å². The van der Waals surface area contributed by atoms with Gasteiger partial charge < -0.3 is 19.5 Å². The van der Waals surface area contributed by atoms with Crippen LogP contribution >= 0.6 is 0 Å². The molecule has 13 heteroatoms. The molecule has 2 aliphatic rings. The van der Waals surface area contributed by atoms with Gasteiger partial charge in [0.05, 0.1) is 17.7 Å². The van der Waals surface area contributed by atoms with Crippen LogP contribution in [0.1, 0.15) is 28.0 Å². The Morgan fingerprint density at radius 3 is 2.67 bits per heavy atom. The Morgan fingerprint density at radius 1 is 1.15 bits per heavy atom. The number of hydrogen-bond acceptors (Lipinski definition) is 5. The number of aryl methyl sites for hydroxylation is 1. The molecule has 0 radical (unpaired) electrons. The van der Waals surface area contributed by atoms with Crippen LogP contribution in [0.2, 0.25) is 0 Å². The lowest BCUT2D eigenvalue weighted by Gasteiger charge is -2.26. The minimum atomic E-state index is -4.49. The number of carbonyl (C=O) groups is 1. The number of rotatable bonds is 4. The molecule has 0 spiro atoms. The van der Waals surface area contributed by atoms with Crippen molar-refractivity contribution < 1.29 is 45.3 Å². The van der Waals surface area contributed by atoms with Gasteiger partial charge in [-0.1, -0.05) is 0 Å². The normalized spacial score (nSPS) is 20.7. The standard InChI is InChI=1S/C20H19F6N3O4/c21-19(22,23)10-33-14-3-4-29-17(32-9-14)7-15(28-29)18(30)27-13-6-11-5-12(20(24,25)26)1-2-16(11)31-8-13/h1-2,5,7,13-14H,3-4,6,8-10H2,(H,27,30)/t13-,14-/m1/s1. The highest BCUT2D eigenvalue weighted by atomic mass is 19.4. The summed E-state index contributed by atoms with van der Waals surface area (Å²) in [6.07, 6.45) is -9.35. The molecule has 2 aromatic rings. The fourth-order valence-corrected chi connectivity index (χ4v) is 3.58. The third kappa shape index (κ3) is 5.70. The van der Waals surface area contributed by atoms with Gasteiger partial charge >= 0.3 is 12.4 Å². The van der Waals surface area contributed by atoms with Gasteiger partial charge in [-0.05, 0) is 36.6 Å². The van der Waals surface area contributed by atoms with Crippen LogP contribution in [0, 0.1) is 0 Å². The molecule has 0 saturated heterocycles.